The van der Waals surface area contributed by atoms with Gasteiger partial charge in [0.25, 0.3) is 0 Å². The molecule has 2 aromatic carbocycles. The number of aryl methyl sites for hydroxylation is 2. The van der Waals surface area contributed by atoms with Crippen molar-refractivity contribution in [2.75, 3.05) is 0 Å². The molecule has 1 heterocycles. The number of hydrogen-bond donors (Lipinski definition) is 1. The lowest BCUT2D eigenvalue weighted by molar-refractivity contribution is -0.156. The van der Waals surface area contributed by atoms with Gasteiger partial charge in [0.1, 0.15) is 17.2 Å². The van der Waals surface area contributed by atoms with Gasteiger partial charge in [-0.05, 0) is 121 Å². The van der Waals surface area contributed by atoms with Crippen LogP contribution in [0.2, 0.25) is 0 Å². The lowest BCUT2D eigenvalue weighted by Crippen LogP contribution is -2.37. The van der Waals surface area contributed by atoms with Crippen LogP contribution in [0.1, 0.15) is 103 Å². The van der Waals surface area contributed by atoms with Gasteiger partial charge < -0.3 is 10.1 Å². The highest BCUT2D eigenvalue weighted by molar-refractivity contribution is 6.02. The Morgan fingerprint density at radius 2 is 1.61 bits per heavy atom. The van der Waals surface area contributed by atoms with Crippen LogP contribution in [0.5, 0.6) is 0 Å². The number of nitrogens with zero attached hydrogens (tertiary/aromatic N) is 1. The maximum Gasteiger partial charge on any atom is 0.446 e. The summed E-state index contributed by atoms with van der Waals surface area (Å²) in [4.78, 5) is 37.0. The van der Waals surface area contributed by atoms with Crippen LogP contribution in [0.3, 0.4) is 0 Å². The van der Waals surface area contributed by atoms with E-state index in [2.05, 4.69) is 17.2 Å². The van der Waals surface area contributed by atoms with Gasteiger partial charge >= 0.3 is 12.3 Å². The SMILES string of the molecule is Cc1cc(F)ccc1C(=O)CC[C@@H](C)NC(=O)OC(C)(C)C.Cc1cc(F)ccc1C1=N[C@H](C)CC1.O=CC(F)(F)F.[2H]CC. The second-order valence-corrected chi connectivity index (χ2v) is 11.1. The zero-order chi connectivity index (χ0) is 35.0. The summed E-state index contributed by atoms with van der Waals surface area (Å²) in [5, 5.41) is 2.69. The Morgan fingerprint density at radius 1 is 1.09 bits per heavy atom. The molecule has 0 saturated heterocycles. The largest absolute Gasteiger partial charge is 0.446 e. The summed E-state index contributed by atoms with van der Waals surface area (Å²) in [6.45, 7) is 15.2. The van der Waals surface area contributed by atoms with Crippen molar-refractivity contribution in [1.29, 1.82) is 0 Å². The second kappa shape index (κ2) is 18.9. The molecule has 0 aliphatic carbocycles. The number of halogens is 5. The molecule has 1 aliphatic heterocycles. The van der Waals surface area contributed by atoms with Crippen molar-refractivity contribution >= 4 is 23.9 Å². The van der Waals surface area contributed by atoms with Gasteiger partial charge in [0.05, 0.1) is 0 Å². The van der Waals surface area contributed by atoms with E-state index in [1.807, 2.05) is 19.9 Å². The molecular weight excluding hydrogens is 583 g/mol. The third kappa shape index (κ3) is 16.9. The molecule has 6 nitrogen and oxygen atoms in total. The van der Waals surface area contributed by atoms with E-state index in [9.17, 15) is 31.5 Å². The van der Waals surface area contributed by atoms with Crippen LogP contribution in [0.15, 0.2) is 41.4 Å². The predicted octanol–water partition coefficient (Wildman–Crippen LogP) is 8.89. The molecule has 1 aliphatic rings. The number of carbonyl (C=O) groups is 3. The van der Waals surface area contributed by atoms with Crippen LogP contribution in [-0.2, 0) is 9.53 Å². The smallest absolute Gasteiger partial charge is 0.444 e. The van der Waals surface area contributed by atoms with Crippen molar-refractivity contribution in [3.05, 3.63) is 70.3 Å². The van der Waals surface area contributed by atoms with E-state index in [1.54, 1.807) is 40.7 Å². The summed E-state index contributed by atoms with van der Waals surface area (Å²) in [6.07, 6.45) is -3.28. The molecule has 246 valence electrons. The van der Waals surface area contributed by atoms with Crippen molar-refractivity contribution < 1.29 is 42.4 Å². The average molecular weight is 630 g/mol. The average Bonchev–Trinajstić information content (AvgIpc) is 3.32. The summed E-state index contributed by atoms with van der Waals surface area (Å²) in [5.41, 5.74) is 3.82. The monoisotopic (exact) mass is 629 g/mol. The van der Waals surface area contributed by atoms with Gasteiger partial charge in [-0.1, -0.05) is 13.8 Å². The number of nitrogens with one attached hydrogen (secondary N) is 1. The number of aliphatic imine (C=N–C) groups is 1. The molecule has 0 saturated carbocycles. The molecule has 2 aromatic rings. The lowest BCUT2D eigenvalue weighted by Gasteiger charge is -2.21. The van der Waals surface area contributed by atoms with Crippen LogP contribution >= 0.6 is 0 Å². The lowest BCUT2D eigenvalue weighted by atomic mass is 10.00. The number of rotatable bonds is 6. The normalized spacial score (nSPS) is 15.0. The van der Waals surface area contributed by atoms with Crippen molar-refractivity contribution in [3.8, 4) is 0 Å². The zero-order valence-electron chi connectivity index (χ0n) is 27.7. The Morgan fingerprint density at radius 3 is 2.05 bits per heavy atom. The third-order valence-electron chi connectivity index (χ3n) is 5.86. The van der Waals surface area contributed by atoms with Gasteiger partial charge in [-0.2, -0.15) is 13.2 Å². The molecule has 0 spiro atoms. The molecule has 44 heavy (non-hydrogen) atoms. The number of amides is 1. The first-order valence-corrected chi connectivity index (χ1v) is 14.2. The number of Topliss-reactive ketones (excluding diaryl/α,β-unsaturated/α-hetero) is 1. The summed E-state index contributed by atoms with van der Waals surface area (Å²) >= 11 is 0. The fourth-order valence-corrected chi connectivity index (χ4v) is 3.90. The summed E-state index contributed by atoms with van der Waals surface area (Å²) in [5.74, 6) is -0.581. The fourth-order valence-electron chi connectivity index (χ4n) is 3.90. The Labute approximate surface area is 258 Å². The minimum Gasteiger partial charge on any atom is -0.444 e. The first kappa shape index (κ1) is 38.4. The van der Waals surface area contributed by atoms with Crippen LogP contribution in [0.4, 0.5) is 26.7 Å². The number of hydrogen-bond acceptors (Lipinski definition) is 5. The Hall–Kier alpha value is -3.63. The number of ketones is 1. The van der Waals surface area contributed by atoms with Crippen LogP contribution in [0, 0.1) is 25.5 Å². The van der Waals surface area contributed by atoms with E-state index in [0.717, 1.165) is 29.7 Å². The zero-order valence-corrected chi connectivity index (χ0v) is 26.7. The highest BCUT2D eigenvalue weighted by Crippen LogP contribution is 2.21. The summed E-state index contributed by atoms with van der Waals surface area (Å²) in [7, 11) is 0. The second-order valence-electron chi connectivity index (χ2n) is 11.1. The van der Waals surface area contributed by atoms with E-state index in [0.29, 0.717) is 30.5 Å². The van der Waals surface area contributed by atoms with Crippen LogP contribution < -0.4 is 5.32 Å². The molecule has 1 N–H and O–H groups in total. The van der Waals surface area contributed by atoms with E-state index in [1.165, 1.54) is 24.3 Å². The first-order chi connectivity index (χ1) is 20.7. The minimum absolute atomic E-state index is 0.0599. The maximum atomic E-state index is 13.0. The Balaban J connectivity index is 0.000000711. The van der Waals surface area contributed by atoms with E-state index < -0.39 is 24.2 Å². The number of alkyl halides is 3. The number of alkyl carbamates (subject to hydrolysis) is 1. The minimum atomic E-state index is -4.64. The van der Waals surface area contributed by atoms with Crippen molar-refractivity contribution in [3.63, 3.8) is 0 Å². The molecular formula is C33H45F5N2O4. The van der Waals surface area contributed by atoms with Crippen molar-refractivity contribution in [2.24, 2.45) is 4.99 Å². The Bertz CT molecular complexity index is 1280. The van der Waals surface area contributed by atoms with Crippen LogP contribution in [-0.4, -0.2) is 47.7 Å². The first-order valence-electron chi connectivity index (χ1n) is 14.9. The molecule has 0 unspecified atom stereocenters. The molecule has 0 bridgehead atoms. The molecule has 0 fully saturated rings. The Kier molecular flexibility index (Phi) is 16.5. The highest BCUT2D eigenvalue weighted by Gasteiger charge is 2.25. The third-order valence-corrected chi connectivity index (χ3v) is 5.86. The number of aldehydes is 1. The molecule has 11 heteroatoms. The topological polar surface area (TPSA) is 84.8 Å². The number of ether oxygens (including phenoxy) is 1. The summed E-state index contributed by atoms with van der Waals surface area (Å²) in [6, 6.07) is 9.28. The quantitative estimate of drug-likeness (QED) is 0.197. The molecule has 3 rings (SSSR count). The van der Waals surface area contributed by atoms with Gasteiger partial charge in [-0.15, -0.1) is 0 Å². The standard InChI is InChI=1S/C17H24FNO3.C12H14FN.C2HF3O.C2H6/c1-11-10-13(18)7-8-14(11)15(20)9-6-12(2)19-16(21)22-17(3,4)5;1-8-7-10(13)4-5-11(8)12-6-3-9(2)14-12;3-2(4,5)1-6;1-2/h7-8,10,12H,6,9H2,1-5H3,(H,19,21);4-5,7,9H,3,6H2,1-2H3;1H;1-2H3/t12-;9-;;/m11../s1/i;;;1D. The van der Waals surface area contributed by atoms with Gasteiger partial charge in [0.15, 0.2) is 5.78 Å². The predicted molar refractivity (Wildman–Crippen MR) is 163 cm³/mol. The van der Waals surface area contributed by atoms with Crippen molar-refractivity contribution in [2.45, 2.75) is 112 Å². The van der Waals surface area contributed by atoms with Crippen molar-refractivity contribution in [1.82, 2.24) is 5.32 Å². The van der Waals surface area contributed by atoms with Crippen LogP contribution in [0.25, 0.3) is 0 Å². The number of carbonyl (C=O) groups excluding carboxylic acids is 3. The fraction of sp³-hybridized carbons (Fsp3) is 0.515. The van der Waals surface area contributed by atoms with Gasteiger partial charge in [0.2, 0.25) is 6.29 Å². The molecule has 0 radical (unpaired) electrons. The highest BCUT2D eigenvalue weighted by atomic mass is 19.4. The van der Waals surface area contributed by atoms with E-state index >= 15 is 0 Å². The van der Waals surface area contributed by atoms with E-state index in [-0.39, 0.29) is 29.9 Å². The maximum absolute atomic E-state index is 13.0. The molecule has 1 amide bonds. The molecule has 2 atom stereocenters. The van der Waals surface area contributed by atoms with E-state index in [4.69, 9.17) is 10.9 Å². The summed E-state index contributed by atoms with van der Waals surface area (Å²) < 4.78 is 68.5. The van der Waals surface area contributed by atoms with Gasteiger partial charge in [0, 0.05) is 31.2 Å². The number of benzene rings is 2. The van der Waals surface area contributed by atoms with Gasteiger partial charge in [-0.25, -0.2) is 13.6 Å². The molecule has 0 aromatic heterocycles. The van der Waals surface area contributed by atoms with Gasteiger partial charge in [-0.3, -0.25) is 14.6 Å².